The zero-order valence-electron chi connectivity index (χ0n) is 24.3. The van der Waals surface area contributed by atoms with Crippen molar-refractivity contribution in [2.75, 3.05) is 0 Å². The molecule has 0 fully saturated rings. The van der Waals surface area contributed by atoms with Crippen LogP contribution in [0.1, 0.15) is 130 Å². The summed E-state index contributed by atoms with van der Waals surface area (Å²) in [6.45, 7) is 28.8. The van der Waals surface area contributed by atoms with Gasteiger partial charge in [0.2, 0.25) is 0 Å². The van der Waals surface area contributed by atoms with Crippen LogP contribution in [0.5, 0.6) is 0 Å². The third-order valence-corrected chi connectivity index (χ3v) is 7.19. The molecule has 2 nitrogen and oxygen atoms in total. The Labute approximate surface area is 210 Å². The quantitative estimate of drug-likeness (QED) is 0.483. The van der Waals surface area contributed by atoms with E-state index in [2.05, 4.69) is 126 Å². The number of benzene rings is 2. The third-order valence-electron chi connectivity index (χ3n) is 7.19. The summed E-state index contributed by atoms with van der Waals surface area (Å²) < 4.78 is 0. The molecule has 34 heavy (non-hydrogen) atoms. The largest absolute Gasteiger partial charge is 0.379 e. The minimum Gasteiger partial charge on any atom is -0.379 e. The van der Waals surface area contributed by atoms with Crippen LogP contribution >= 0.6 is 0 Å². The predicted molar refractivity (Wildman–Crippen MR) is 149 cm³/mol. The lowest BCUT2D eigenvalue weighted by Gasteiger charge is -2.39. The summed E-state index contributed by atoms with van der Waals surface area (Å²) in [5, 5.41) is 12.7. The molecule has 0 bridgehead atoms. The van der Waals surface area contributed by atoms with Crippen LogP contribution in [-0.2, 0) is 27.3 Å². The molecule has 2 heteroatoms. The fourth-order valence-corrected chi connectivity index (χ4v) is 4.32. The van der Waals surface area contributed by atoms with Crippen molar-refractivity contribution in [1.82, 2.24) is 0 Å². The highest BCUT2D eigenvalue weighted by Crippen LogP contribution is 2.41. The van der Waals surface area contributed by atoms with Gasteiger partial charge in [0.15, 0.2) is 0 Å². The summed E-state index contributed by atoms with van der Waals surface area (Å²) in [6.07, 6.45) is 0.672. The zero-order chi connectivity index (χ0) is 26.5. The van der Waals surface area contributed by atoms with Gasteiger partial charge in [-0.15, -0.1) is 0 Å². The summed E-state index contributed by atoms with van der Waals surface area (Å²) in [5.74, 6) is 0. The van der Waals surface area contributed by atoms with E-state index in [1.54, 1.807) is 0 Å². The SMILES string of the molecule is CCC(N)C(O)(c1cc(C(C)(C)C)cc(C(C)(C)C)c1)c1cc(C(C)(C)C)cc(C(C)(C)C)c1. The van der Waals surface area contributed by atoms with Crippen molar-refractivity contribution < 1.29 is 5.11 Å². The van der Waals surface area contributed by atoms with E-state index in [0.29, 0.717) is 6.42 Å². The number of nitrogens with two attached hydrogens (primary N) is 1. The molecule has 2 rings (SSSR count). The monoisotopic (exact) mass is 465 g/mol. The van der Waals surface area contributed by atoms with Crippen LogP contribution in [0.3, 0.4) is 0 Å². The van der Waals surface area contributed by atoms with Crippen LogP contribution in [0.2, 0.25) is 0 Å². The maximum Gasteiger partial charge on any atom is 0.130 e. The van der Waals surface area contributed by atoms with Gasteiger partial charge in [-0.2, -0.15) is 0 Å². The normalized spacial score (nSPS) is 14.9. The van der Waals surface area contributed by atoms with E-state index in [9.17, 15) is 5.11 Å². The first kappa shape index (κ1) is 28.6. The molecular formula is C32H51NO. The number of rotatable bonds is 4. The van der Waals surface area contributed by atoms with Crippen molar-refractivity contribution >= 4 is 0 Å². The van der Waals surface area contributed by atoms with Crippen molar-refractivity contribution in [3.63, 3.8) is 0 Å². The van der Waals surface area contributed by atoms with Gasteiger partial charge in [-0.05, 0) is 61.5 Å². The third kappa shape index (κ3) is 5.94. The fourth-order valence-electron chi connectivity index (χ4n) is 4.32. The van der Waals surface area contributed by atoms with Crippen LogP contribution in [0.15, 0.2) is 36.4 Å². The van der Waals surface area contributed by atoms with Gasteiger partial charge in [0.25, 0.3) is 0 Å². The maximum absolute atomic E-state index is 12.7. The van der Waals surface area contributed by atoms with E-state index in [-0.39, 0.29) is 21.7 Å². The Bertz CT molecular complexity index is 863. The predicted octanol–water partition coefficient (Wildman–Crippen LogP) is 7.85. The highest BCUT2D eigenvalue weighted by molar-refractivity contribution is 5.49. The highest BCUT2D eigenvalue weighted by atomic mass is 16.3. The molecule has 0 aliphatic carbocycles. The molecule has 0 aromatic heterocycles. The molecule has 0 aliphatic heterocycles. The van der Waals surface area contributed by atoms with E-state index in [1.807, 2.05) is 0 Å². The van der Waals surface area contributed by atoms with Crippen LogP contribution in [0.25, 0.3) is 0 Å². The van der Waals surface area contributed by atoms with Crippen molar-refractivity contribution in [2.45, 2.75) is 130 Å². The second-order valence-electron chi connectivity index (χ2n) is 14.4. The van der Waals surface area contributed by atoms with Gasteiger partial charge in [-0.25, -0.2) is 0 Å². The molecule has 0 aliphatic rings. The van der Waals surface area contributed by atoms with E-state index in [4.69, 9.17) is 5.73 Å². The topological polar surface area (TPSA) is 46.2 Å². The smallest absolute Gasteiger partial charge is 0.130 e. The lowest BCUT2D eigenvalue weighted by molar-refractivity contribution is 0.0497. The summed E-state index contributed by atoms with van der Waals surface area (Å²) in [7, 11) is 0. The van der Waals surface area contributed by atoms with Crippen molar-refractivity contribution in [1.29, 1.82) is 0 Å². The van der Waals surface area contributed by atoms with Gasteiger partial charge < -0.3 is 10.8 Å². The average molecular weight is 466 g/mol. The molecule has 0 amide bonds. The summed E-state index contributed by atoms with van der Waals surface area (Å²) in [6, 6.07) is 12.9. The maximum atomic E-state index is 12.7. The van der Waals surface area contributed by atoms with Crippen molar-refractivity contribution in [2.24, 2.45) is 5.73 Å². The molecular weight excluding hydrogens is 414 g/mol. The van der Waals surface area contributed by atoms with Gasteiger partial charge in [0.05, 0.1) is 0 Å². The Balaban J connectivity index is 3.01. The van der Waals surface area contributed by atoms with E-state index < -0.39 is 11.6 Å². The molecule has 1 unspecified atom stereocenters. The lowest BCUT2D eigenvalue weighted by Crippen LogP contribution is -2.46. The van der Waals surface area contributed by atoms with E-state index in [0.717, 1.165) is 11.1 Å². The first-order valence-corrected chi connectivity index (χ1v) is 12.9. The molecule has 2 aromatic carbocycles. The van der Waals surface area contributed by atoms with Crippen LogP contribution in [0.4, 0.5) is 0 Å². The van der Waals surface area contributed by atoms with Gasteiger partial charge in [-0.3, -0.25) is 0 Å². The van der Waals surface area contributed by atoms with E-state index >= 15 is 0 Å². The lowest BCUT2D eigenvalue weighted by atomic mass is 9.71. The number of hydrogen-bond acceptors (Lipinski definition) is 2. The first-order chi connectivity index (χ1) is 15.1. The number of hydrogen-bond donors (Lipinski definition) is 2. The Morgan fingerprint density at radius 2 is 0.735 bits per heavy atom. The van der Waals surface area contributed by atoms with Gasteiger partial charge >= 0.3 is 0 Å². The van der Waals surface area contributed by atoms with Gasteiger partial charge in [0.1, 0.15) is 5.60 Å². The molecule has 0 saturated carbocycles. The molecule has 0 spiro atoms. The van der Waals surface area contributed by atoms with Gasteiger partial charge in [0, 0.05) is 6.04 Å². The van der Waals surface area contributed by atoms with Crippen molar-refractivity contribution in [3.05, 3.63) is 69.8 Å². The van der Waals surface area contributed by atoms with Crippen LogP contribution in [-0.4, -0.2) is 11.1 Å². The summed E-state index contributed by atoms with van der Waals surface area (Å²) in [4.78, 5) is 0. The van der Waals surface area contributed by atoms with Crippen molar-refractivity contribution in [3.8, 4) is 0 Å². The molecule has 2 aromatic rings. The number of aliphatic hydroxyl groups is 1. The zero-order valence-corrected chi connectivity index (χ0v) is 24.3. The minimum atomic E-state index is -1.29. The Hall–Kier alpha value is -1.64. The molecule has 3 N–H and O–H groups in total. The molecule has 1 atom stereocenters. The molecule has 190 valence electrons. The minimum absolute atomic E-state index is 0.0446. The van der Waals surface area contributed by atoms with Crippen LogP contribution < -0.4 is 5.73 Å². The molecule has 0 radical (unpaired) electrons. The molecule has 0 saturated heterocycles. The van der Waals surface area contributed by atoms with Gasteiger partial charge in [-0.1, -0.05) is 126 Å². The van der Waals surface area contributed by atoms with Crippen LogP contribution in [0, 0.1) is 0 Å². The standard InChI is InChI=1S/C32H51NO/c1-14-27(33)32(34,25-17-21(28(2,3)4)15-22(18-25)29(5,6)7)26-19-23(30(8,9)10)16-24(20-26)31(11,12)13/h15-20,27,34H,14,33H2,1-13H3. The Morgan fingerprint density at radius 1 is 0.529 bits per heavy atom. The molecule has 0 heterocycles. The first-order valence-electron chi connectivity index (χ1n) is 12.9. The second-order valence-corrected chi connectivity index (χ2v) is 14.4. The Kier molecular flexibility index (Phi) is 7.65. The Morgan fingerprint density at radius 3 is 0.912 bits per heavy atom. The summed E-state index contributed by atoms with van der Waals surface area (Å²) in [5.41, 5.74) is 12.0. The fraction of sp³-hybridized carbons (Fsp3) is 0.625. The highest BCUT2D eigenvalue weighted by Gasteiger charge is 2.40. The van der Waals surface area contributed by atoms with E-state index in [1.165, 1.54) is 22.3 Å². The average Bonchev–Trinajstić information content (AvgIpc) is 2.69. The summed E-state index contributed by atoms with van der Waals surface area (Å²) >= 11 is 0. The second kappa shape index (κ2) is 9.10.